The molecule has 0 aliphatic rings. The number of nitrogen functional groups attached to an aromatic ring is 1. The van der Waals surface area contributed by atoms with Crippen LogP contribution in [0, 0.1) is 13.8 Å². The maximum Gasteiger partial charge on any atom is 0.227 e. The first-order valence-electron chi connectivity index (χ1n) is 6.58. The Morgan fingerprint density at radius 1 is 1.25 bits per heavy atom. The number of aromatic nitrogens is 2. The van der Waals surface area contributed by atoms with Crippen LogP contribution in [0.2, 0.25) is 5.02 Å². The molecule has 0 aliphatic carbocycles. The van der Waals surface area contributed by atoms with Crippen molar-refractivity contribution in [3.63, 3.8) is 0 Å². The highest BCUT2D eigenvalue weighted by Crippen LogP contribution is 2.30. The lowest BCUT2D eigenvalue weighted by Crippen LogP contribution is -2.05. The molecule has 4 nitrogen and oxygen atoms in total. The molecule has 0 bridgehead atoms. The summed E-state index contributed by atoms with van der Waals surface area (Å²) in [5.74, 6) is 2.33. The van der Waals surface area contributed by atoms with Gasteiger partial charge in [-0.25, -0.2) is 4.98 Å². The van der Waals surface area contributed by atoms with Crippen molar-refractivity contribution in [2.45, 2.75) is 33.6 Å². The summed E-state index contributed by atoms with van der Waals surface area (Å²) in [6, 6.07) is 5.51. The number of rotatable bonds is 4. The first-order valence-corrected chi connectivity index (χ1v) is 6.96. The van der Waals surface area contributed by atoms with E-state index in [4.69, 9.17) is 22.1 Å². The molecule has 5 heteroatoms. The average molecular weight is 292 g/mol. The van der Waals surface area contributed by atoms with Crippen molar-refractivity contribution < 1.29 is 4.74 Å². The molecule has 0 atom stereocenters. The number of hydrogen-bond donors (Lipinski definition) is 1. The second kappa shape index (κ2) is 6.09. The van der Waals surface area contributed by atoms with Crippen LogP contribution in [-0.2, 0) is 6.42 Å². The quantitative estimate of drug-likeness (QED) is 0.922. The van der Waals surface area contributed by atoms with Crippen molar-refractivity contribution >= 4 is 17.4 Å². The van der Waals surface area contributed by atoms with Gasteiger partial charge < -0.3 is 10.5 Å². The number of nitrogens with zero attached hydrogens (tertiary/aromatic N) is 2. The number of ether oxygens (including phenoxy) is 1. The van der Waals surface area contributed by atoms with Gasteiger partial charge in [-0.15, -0.1) is 0 Å². The highest BCUT2D eigenvalue weighted by atomic mass is 35.5. The summed E-state index contributed by atoms with van der Waals surface area (Å²) in [6.07, 6.45) is 1.73. The molecular weight excluding hydrogens is 274 g/mol. The van der Waals surface area contributed by atoms with Crippen LogP contribution < -0.4 is 10.5 Å². The lowest BCUT2D eigenvalue weighted by Gasteiger charge is -2.12. The van der Waals surface area contributed by atoms with Crippen LogP contribution in [-0.4, -0.2) is 9.97 Å². The third-order valence-corrected chi connectivity index (χ3v) is 3.25. The fraction of sp³-hybridized carbons (Fsp3) is 0.333. The number of benzene rings is 1. The van der Waals surface area contributed by atoms with Crippen LogP contribution in [0.25, 0.3) is 0 Å². The van der Waals surface area contributed by atoms with Gasteiger partial charge in [0.1, 0.15) is 17.4 Å². The Morgan fingerprint density at radius 3 is 2.70 bits per heavy atom. The van der Waals surface area contributed by atoms with E-state index in [0.717, 1.165) is 24.0 Å². The molecule has 2 aromatic rings. The molecule has 0 saturated heterocycles. The fourth-order valence-electron chi connectivity index (χ4n) is 1.78. The minimum absolute atomic E-state index is 0.457. The molecule has 2 N–H and O–H groups in total. The number of hydrogen-bond acceptors (Lipinski definition) is 4. The van der Waals surface area contributed by atoms with E-state index in [1.165, 1.54) is 0 Å². The molecular formula is C15H18ClN3O. The number of aryl methyl sites for hydroxylation is 2. The molecule has 0 unspecified atom stereocenters. The lowest BCUT2D eigenvalue weighted by molar-refractivity contribution is 0.451. The van der Waals surface area contributed by atoms with Gasteiger partial charge in [0, 0.05) is 11.4 Å². The van der Waals surface area contributed by atoms with Gasteiger partial charge in [0.2, 0.25) is 5.88 Å². The normalized spacial score (nSPS) is 10.6. The van der Waals surface area contributed by atoms with Crippen molar-refractivity contribution in [1.29, 1.82) is 0 Å². The van der Waals surface area contributed by atoms with E-state index in [1.807, 2.05) is 26.0 Å². The van der Waals surface area contributed by atoms with Crippen LogP contribution in [0.3, 0.4) is 0 Å². The predicted octanol–water partition coefficient (Wildman–Crippen LogP) is 4.07. The van der Waals surface area contributed by atoms with Gasteiger partial charge in [-0.1, -0.05) is 24.6 Å². The highest BCUT2D eigenvalue weighted by molar-refractivity contribution is 6.30. The third kappa shape index (κ3) is 3.20. The minimum atomic E-state index is 0.457. The smallest absolute Gasteiger partial charge is 0.227 e. The summed E-state index contributed by atoms with van der Waals surface area (Å²) >= 11 is 6.00. The molecule has 0 radical (unpaired) electrons. The van der Waals surface area contributed by atoms with Crippen molar-refractivity contribution in [1.82, 2.24) is 9.97 Å². The topological polar surface area (TPSA) is 61.0 Å². The maximum atomic E-state index is 6.00. The summed E-state index contributed by atoms with van der Waals surface area (Å²) in [6.45, 7) is 5.87. The van der Waals surface area contributed by atoms with E-state index < -0.39 is 0 Å². The van der Waals surface area contributed by atoms with Crippen molar-refractivity contribution in [3.8, 4) is 11.6 Å². The van der Waals surface area contributed by atoms with E-state index in [9.17, 15) is 0 Å². The molecule has 0 spiro atoms. The van der Waals surface area contributed by atoms with E-state index in [-0.39, 0.29) is 0 Å². The maximum absolute atomic E-state index is 6.00. The zero-order valence-corrected chi connectivity index (χ0v) is 12.7. The van der Waals surface area contributed by atoms with Crippen LogP contribution in [0.15, 0.2) is 18.2 Å². The Hall–Kier alpha value is -1.81. The number of anilines is 1. The second-order valence-corrected chi connectivity index (χ2v) is 5.15. The van der Waals surface area contributed by atoms with Gasteiger partial charge in [-0.05, 0) is 38.0 Å². The zero-order valence-electron chi connectivity index (χ0n) is 11.9. The molecule has 0 saturated carbocycles. The molecule has 106 valence electrons. The number of nitrogens with two attached hydrogens (primary N) is 1. The van der Waals surface area contributed by atoms with Gasteiger partial charge in [0.15, 0.2) is 0 Å². The van der Waals surface area contributed by atoms with E-state index in [0.29, 0.717) is 28.3 Å². The molecule has 2 rings (SSSR count). The zero-order chi connectivity index (χ0) is 14.7. The molecule has 0 aliphatic heterocycles. The molecule has 1 aromatic carbocycles. The summed E-state index contributed by atoms with van der Waals surface area (Å²) in [5.41, 5.74) is 7.65. The Kier molecular flexibility index (Phi) is 4.45. The largest absolute Gasteiger partial charge is 0.438 e. The van der Waals surface area contributed by atoms with Crippen molar-refractivity contribution in [3.05, 3.63) is 40.2 Å². The summed E-state index contributed by atoms with van der Waals surface area (Å²) < 4.78 is 5.87. The van der Waals surface area contributed by atoms with Crippen LogP contribution in [0.5, 0.6) is 11.6 Å². The van der Waals surface area contributed by atoms with Crippen LogP contribution >= 0.6 is 11.6 Å². The van der Waals surface area contributed by atoms with Gasteiger partial charge in [0.25, 0.3) is 0 Å². The van der Waals surface area contributed by atoms with E-state index in [2.05, 4.69) is 16.9 Å². The molecule has 0 fully saturated rings. The van der Waals surface area contributed by atoms with E-state index in [1.54, 1.807) is 6.07 Å². The fourth-order valence-corrected chi connectivity index (χ4v) is 1.94. The monoisotopic (exact) mass is 291 g/mol. The van der Waals surface area contributed by atoms with Gasteiger partial charge >= 0.3 is 0 Å². The van der Waals surface area contributed by atoms with Gasteiger partial charge in [0.05, 0.1) is 5.56 Å². The Bertz CT molecular complexity index is 629. The summed E-state index contributed by atoms with van der Waals surface area (Å²) in [4.78, 5) is 8.70. The first-order chi connectivity index (χ1) is 9.51. The second-order valence-electron chi connectivity index (χ2n) is 4.72. The Balaban J connectivity index is 2.39. The SMILES string of the molecule is CCCc1nc(N)c(C)c(Oc2cc(Cl)ccc2C)n1. The van der Waals surface area contributed by atoms with Crippen LogP contribution in [0.1, 0.15) is 30.3 Å². The molecule has 1 heterocycles. The molecule has 20 heavy (non-hydrogen) atoms. The summed E-state index contributed by atoms with van der Waals surface area (Å²) in [5, 5.41) is 0.624. The van der Waals surface area contributed by atoms with Crippen molar-refractivity contribution in [2.24, 2.45) is 0 Å². The van der Waals surface area contributed by atoms with Crippen LogP contribution in [0.4, 0.5) is 5.82 Å². The Labute approximate surface area is 124 Å². The first kappa shape index (κ1) is 14.6. The highest BCUT2D eigenvalue weighted by Gasteiger charge is 2.12. The molecule has 0 amide bonds. The van der Waals surface area contributed by atoms with Gasteiger partial charge in [-0.2, -0.15) is 4.98 Å². The van der Waals surface area contributed by atoms with Gasteiger partial charge in [-0.3, -0.25) is 0 Å². The minimum Gasteiger partial charge on any atom is -0.438 e. The standard InChI is InChI=1S/C15H18ClN3O/c1-4-5-13-18-14(17)10(3)15(19-13)20-12-8-11(16)7-6-9(12)2/h6-8H,4-5H2,1-3H3,(H2,17,18,19). The average Bonchev–Trinajstić information content (AvgIpc) is 2.40. The number of halogens is 1. The third-order valence-electron chi connectivity index (χ3n) is 3.02. The molecule has 1 aromatic heterocycles. The van der Waals surface area contributed by atoms with Crippen molar-refractivity contribution in [2.75, 3.05) is 5.73 Å². The van der Waals surface area contributed by atoms with E-state index >= 15 is 0 Å². The lowest BCUT2D eigenvalue weighted by atomic mass is 10.2. The summed E-state index contributed by atoms with van der Waals surface area (Å²) in [7, 11) is 0. The predicted molar refractivity (Wildman–Crippen MR) is 81.4 cm³/mol. The Morgan fingerprint density at radius 2 is 2.00 bits per heavy atom.